The smallest absolute Gasteiger partial charge is 0.309 e. The molecular formula is C30H28F2N8O3S. The van der Waals surface area contributed by atoms with Gasteiger partial charge in [0.15, 0.2) is 23.1 Å². The maximum Gasteiger partial charge on any atom is 0.309 e. The van der Waals surface area contributed by atoms with Crippen molar-refractivity contribution in [1.82, 2.24) is 29.7 Å². The first-order valence-electron chi connectivity index (χ1n) is 13.7. The number of pyridine rings is 1. The lowest BCUT2D eigenvalue weighted by Gasteiger charge is -2.20. The standard InChI is InChI=1S/C30H28F2N8O3S/c1-13-6-8-15(20(32)19(13)31)11-40-25-17(9-7-14(2)34-25)21(39-40)24-36-22(33)18-23(37-24)38-26(41)30(18,5)27-35-16(12-44-27)10-29(3,4)28(42)43/h6-9,12H,10-11H2,1-5H3,(H,42,43)(H3,33,36,37,38,41)/t30-/m0/s1. The molecule has 4 aromatic heterocycles. The van der Waals surface area contributed by atoms with Crippen molar-refractivity contribution in [2.75, 3.05) is 11.1 Å². The predicted octanol–water partition coefficient (Wildman–Crippen LogP) is 4.78. The number of carboxylic acids is 1. The molecule has 14 heteroatoms. The van der Waals surface area contributed by atoms with Crippen LogP contribution in [0.1, 0.15) is 53.9 Å². The second-order valence-electron chi connectivity index (χ2n) is 11.7. The molecule has 0 bridgehead atoms. The molecule has 226 valence electrons. The van der Waals surface area contributed by atoms with Crippen molar-refractivity contribution in [2.24, 2.45) is 5.41 Å². The number of nitrogen functional groups attached to an aromatic ring is 1. The van der Waals surface area contributed by atoms with Crippen LogP contribution in [0.3, 0.4) is 0 Å². The number of amides is 1. The Labute approximate surface area is 254 Å². The number of hydrogen-bond acceptors (Lipinski definition) is 9. The van der Waals surface area contributed by atoms with Gasteiger partial charge >= 0.3 is 5.97 Å². The van der Waals surface area contributed by atoms with E-state index in [4.69, 9.17) is 5.73 Å². The van der Waals surface area contributed by atoms with Gasteiger partial charge in [-0.1, -0.05) is 12.1 Å². The van der Waals surface area contributed by atoms with E-state index in [1.165, 1.54) is 35.1 Å². The zero-order chi connectivity index (χ0) is 31.7. The number of hydrogen-bond donors (Lipinski definition) is 3. The molecule has 44 heavy (non-hydrogen) atoms. The summed E-state index contributed by atoms with van der Waals surface area (Å²) >= 11 is 1.23. The fraction of sp³-hybridized carbons (Fsp3) is 0.300. The molecule has 1 aliphatic heterocycles. The Morgan fingerprint density at radius 2 is 1.86 bits per heavy atom. The monoisotopic (exact) mass is 618 g/mol. The van der Waals surface area contributed by atoms with E-state index >= 15 is 0 Å². The highest BCUT2D eigenvalue weighted by molar-refractivity contribution is 7.10. The number of carbonyl (C=O) groups excluding carboxylic acids is 1. The van der Waals surface area contributed by atoms with Gasteiger partial charge in [0.05, 0.1) is 28.6 Å². The number of anilines is 2. The van der Waals surface area contributed by atoms with Gasteiger partial charge in [-0.15, -0.1) is 11.3 Å². The van der Waals surface area contributed by atoms with E-state index in [1.54, 1.807) is 45.2 Å². The molecule has 1 aliphatic rings. The molecule has 0 aliphatic carbocycles. The number of carbonyl (C=O) groups is 2. The van der Waals surface area contributed by atoms with Crippen LogP contribution in [0, 0.1) is 30.9 Å². The molecule has 6 rings (SSSR count). The van der Waals surface area contributed by atoms with Crippen LogP contribution in [0.2, 0.25) is 0 Å². The molecule has 0 radical (unpaired) electrons. The van der Waals surface area contributed by atoms with Crippen LogP contribution in [-0.4, -0.2) is 46.7 Å². The normalized spacial score (nSPS) is 16.4. The minimum absolute atomic E-state index is 0.0305. The summed E-state index contributed by atoms with van der Waals surface area (Å²) in [5.74, 6) is -2.91. The van der Waals surface area contributed by atoms with Gasteiger partial charge in [0.25, 0.3) is 0 Å². The Morgan fingerprint density at radius 1 is 1.11 bits per heavy atom. The Kier molecular flexibility index (Phi) is 6.72. The first kappa shape index (κ1) is 29.2. The quantitative estimate of drug-likeness (QED) is 0.233. The van der Waals surface area contributed by atoms with E-state index < -0.39 is 34.3 Å². The van der Waals surface area contributed by atoms with E-state index in [2.05, 4.69) is 30.4 Å². The second-order valence-corrected chi connectivity index (χ2v) is 12.6. The Hall–Kier alpha value is -4.85. The highest BCUT2D eigenvalue weighted by Crippen LogP contribution is 2.46. The molecule has 1 atom stereocenters. The van der Waals surface area contributed by atoms with E-state index in [1.807, 2.05) is 0 Å². The van der Waals surface area contributed by atoms with Crippen molar-refractivity contribution in [3.63, 3.8) is 0 Å². The molecule has 1 aromatic carbocycles. The first-order chi connectivity index (χ1) is 20.7. The topological polar surface area (TPSA) is 162 Å². The zero-order valence-electron chi connectivity index (χ0n) is 24.5. The van der Waals surface area contributed by atoms with Crippen LogP contribution < -0.4 is 11.1 Å². The lowest BCUT2D eigenvalue weighted by Crippen LogP contribution is -2.33. The van der Waals surface area contributed by atoms with Gasteiger partial charge in [0.2, 0.25) is 5.91 Å². The van der Waals surface area contributed by atoms with Crippen molar-refractivity contribution < 1.29 is 23.5 Å². The first-order valence-corrected chi connectivity index (χ1v) is 14.5. The van der Waals surface area contributed by atoms with Crippen molar-refractivity contribution >= 4 is 45.9 Å². The van der Waals surface area contributed by atoms with Crippen molar-refractivity contribution in [1.29, 1.82) is 0 Å². The molecule has 0 fully saturated rings. The maximum atomic E-state index is 14.8. The number of halogens is 2. The molecule has 11 nitrogen and oxygen atoms in total. The average molecular weight is 619 g/mol. The van der Waals surface area contributed by atoms with Gasteiger partial charge < -0.3 is 16.2 Å². The van der Waals surface area contributed by atoms with Crippen molar-refractivity contribution in [2.45, 2.75) is 53.0 Å². The number of aromatic nitrogens is 6. The van der Waals surface area contributed by atoms with E-state index in [0.717, 1.165) is 0 Å². The van der Waals surface area contributed by atoms with Gasteiger partial charge in [-0.2, -0.15) is 5.10 Å². The minimum atomic E-state index is -1.32. The number of fused-ring (bicyclic) bond motifs is 2. The molecule has 0 unspecified atom stereocenters. The fourth-order valence-corrected chi connectivity index (χ4v) is 6.24. The van der Waals surface area contributed by atoms with E-state index in [9.17, 15) is 23.5 Å². The summed E-state index contributed by atoms with van der Waals surface area (Å²) < 4.78 is 30.6. The summed E-state index contributed by atoms with van der Waals surface area (Å²) in [6.07, 6.45) is 0.177. The Morgan fingerprint density at radius 3 is 2.59 bits per heavy atom. The second kappa shape index (κ2) is 10.1. The summed E-state index contributed by atoms with van der Waals surface area (Å²) in [4.78, 5) is 43.4. The Bertz CT molecular complexity index is 2020. The number of nitrogens with one attached hydrogen (secondary N) is 1. The summed E-state index contributed by atoms with van der Waals surface area (Å²) in [6, 6.07) is 6.57. The van der Waals surface area contributed by atoms with Gasteiger partial charge in [-0.05, 0) is 52.3 Å². The number of rotatable bonds is 7. The third-order valence-corrected chi connectivity index (χ3v) is 9.04. The van der Waals surface area contributed by atoms with Gasteiger partial charge in [0, 0.05) is 23.1 Å². The third-order valence-electron chi connectivity index (χ3n) is 7.93. The predicted molar refractivity (Wildman–Crippen MR) is 160 cm³/mol. The minimum Gasteiger partial charge on any atom is -0.481 e. The van der Waals surface area contributed by atoms with Gasteiger partial charge in [-0.3, -0.25) is 9.59 Å². The van der Waals surface area contributed by atoms with E-state index in [-0.39, 0.29) is 41.6 Å². The van der Waals surface area contributed by atoms with Crippen LogP contribution in [0.15, 0.2) is 29.6 Å². The molecule has 0 saturated heterocycles. The lowest BCUT2D eigenvalue weighted by atomic mass is 9.85. The lowest BCUT2D eigenvalue weighted by molar-refractivity contribution is -0.146. The summed E-state index contributed by atoms with van der Waals surface area (Å²) in [5, 5.41) is 19.7. The van der Waals surface area contributed by atoms with Crippen LogP contribution in [0.4, 0.5) is 20.4 Å². The number of thiazole rings is 1. The van der Waals surface area contributed by atoms with Crippen LogP contribution >= 0.6 is 11.3 Å². The number of aliphatic carboxylic acids is 1. The summed E-state index contributed by atoms with van der Waals surface area (Å²) in [5.41, 5.74) is 6.71. The van der Waals surface area contributed by atoms with E-state index in [0.29, 0.717) is 38.7 Å². The van der Waals surface area contributed by atoms with Crippen LogP contribution in [0.25, 0.3) is 22.6 Å². The average Bonchev–Trinajstić information content (AvgIpc) is 3.63. The fourth-order valence-electron chi connectivity index (χ4n) is 5.26. The van der Waals surface area contributed by atoms with Crippen LogP contribution in [-0.2, 0) is 28.0 Å². The zero-order valence-corrected chi connectivity index (χ0v) is 25.3. The maximum absolute atomic E-state index is 14.8. The molecule has 5 heterocycles. The number of nitrogens with zero attached hydrogens (tertiary/aromatic N) is 6. The Balaban J connectivity index is 1.42. The highest BCUT2D eigenvalue weighted by atomic mass is 32.1. The summed E-state index contributed by atoms with van der Waals surface area (Å²) in [6.45, 7) is 8.08. The molecule has 0 saturated carbocycles. The molecular weight excluding hydrogens is 590 g/mol. The number of benzene rings is 1. The molecule has 1 amide bonds. The number of nitrogens with two attached hydrogens (primary N) is 1. The molecule has 5 aromatic rings. The molecule has 4 N–H and O–H groups in total. The van der Waals surface area contributed by atoms with Crippen molar-refractivity contribution in [3.05, 3.63) is 74.4 Å². The van der Waals surface area contributed by atoms with Gasteiger partial charge in [-0.25, -0.2) is 33.4 Å². The van der Waals surface area contributed by atoms with Crippen molar-refractivity contribution in [3.8, 4) is 11.5 Å². The largest absolute Gasteiger partial charge is 0.481 e. The SMILES string of the molecule is Cc1ccc2c(-c3nc(N)c4c(n3)NC(=O)[C@@]4(C)c3nc(CC(C)(C)C(=O)O)cs3)nn(Cc3ccc(C)c(F)c3F)c2n1. The van der Waals surface area contributed by atoms with Crippen LogP contribution in [0.5, 0.6) is 0 Å². The highest BCUT2D eigenvalue weighted by Gasteiger charge is 2.50. The molecule has 0 spiro atoms. The summed E-state index contributed by atoms with van der Waals surface area (Å²) in [7, 11) is 0. The number of aryl methyl sites for hydroxylation is 2. The van der Waals surface area contributed by atoms with Gasteiger partial charge in [0.1, 0.15) is 27.8 Å². The number of carboxylic acid groups (broad SMARTS) is 1. The third kappa shape index (κ3) is 4.56.